The van der Waals surface area contributed by atoms with E-state index < -0.39 is 5.60 Å². The highest BCUT2D eigenvalue weighted by atomic mass is 32.1. The van der Waals surface area contributed by atoms with Crippen LogP contribution in [0, 0.1) is 0 Å². The number of hydrogen-bond donors (Lipinski definition) is 1. The molecule has 0 fully saturated rings. The lowest BCUT2D eigenvalue weighted by Crippen LogP contribution is -2.31. The molecule has 1 aromatic carbocycles. The average Bonchev–Trinajstić information content (AvgIpc) is 2.83. The van der Waals surface area contributed by atoms with Gasteiger partial charge in [-0.25, -0.2) is 0 Å². The van der Waals surface area contributed by atoms with Gasteiger partial charge in [0, 0.05) is 19.3 Å². The van der Waals surface area contributed by atoms with E-state index in [4.69, 9.17) is 0 Å². The minimum absolute atomic E-state index is 0.565. The summed E-state index contributed by atoms with van der Waals surface area (Å²) in [4.78, 5) is 0. The molecule has 1 heterocycles. The fraction of sp³-hybridized carbons (Fsp3) is 0.286. The summed E-state index contributed by atoms with van der Waals surface area (Å²) in [6.07, 6.45) is 2.35. The first-order valence-electron chi connectivity index (χ1n) is 5.55. The second-order valence-corrected chi connectivity index (χ2v) is 5.44. The molecule has 1 aromatic heterocycles. The Balaban J connectivity index is 1.83. The summed E-state index contributed by atoms with van der Waals surface area (Å²) >= 11 is 1.69. The van der Waals surface area contributed by atoms with E-state index in [9.17, 15) is 5.11 Å². The minimum atomic E-state index is -0.565. The van der Waals surface area contributed by atoms with Crippen molar-refractivity contribution < 1.29 is 5.11 Å². The minimum Gasteiger partial charge on any atom is -0.389 e. The normalized spacial score (nSPS) is 17.3. The van der Waals surface area contributed by atoms with Crippen LogP contribution in [0.5, 0.6) is 0 Å². The van der Waals surface area contributed by atoms with Crippen molar-refractivity contribution in [1.82, 2.24) is 0 Å². The van der Waals surface area contributed by atoms with Crippen molar-refractivity contribution in [2.75, 3.05) is 0 Å². The van der Waals surface area contributed by atoms with Gasteiger partial charge in [0.05, 0.1) is 5.60 Å². The van der Waals surface area contributed by atoms with E-state index in [1.165, 1.54) is 16.7 Å². The van der Waals surface area contributed by atoms with Gasteiger partial charge in [0.2, 0.25) is 0 Å². The molecule has 0 saturated heterocycles. The second-order valence-electron chi connectivity index (χ2n) is 4.65. The van der Waals surface area contributed by atoms with Gasteiger partial charge in [0.15, 0.2) is 0 Å². The fourth-order valence-corrected chi connectivity index (χ4v) is 3.24. The number of thiophene rings is 1. The Bertz CT molecular complexity index is 457. The third-order valence-corrected chi connectivity index (χ3v) is 4.00. The Morgan fingerprint density at radius 2 is 1.81 bits per heavy atom. The number of hydrogen-bond acceptors (Lipinski definition) is 2. The Kier molecular flexibility index (Phi) is 2.34. The first kappa shape index (κ1) is 10.1. The average molecular weight is 230 g/mol. The van der Waals surface area contributed by atoms with Crippen molar-refractivity contribution in [3.8, 4) is 0 Å². The first-order valence-corrected chi connectivity index (χ1v) is 6.50. The van der Waals surface area contributed by atoms with Gasteiger partial charge in [-0.15, -0.1) is 0 Å². The Morgan fingerprint density at radius 1 is 1.12 bits per heavy atom. The predicted molar refractivity (Wildman–Crippen MR) is 66.8 cm³/mol. The fourth-order valence-electron chi connectivity index (χ4n) is 2.57. The summed E-state index contributed by atoms with van der Waals surface area (Å²) < 4.78 is 0. The van der Waals surface area contributed by atoms with Crippen LogP contribution in [0.15, 0.2) is 41.1 Å². The van der Waals surface area contributed by atoms with Crippen LogP contribution >= 0.6 is 11.3 Å². The van der Waals surface area contributed by atoms with Crippen molar-refractivity contribution in [3.63, 3.8) is 0 Å². The van der Waals surface area contributed by atoms with E-state index in [0.717, 1.165) is 19.3 Å². The van der Waals surface area contributed by atoms with Crippen LogP contribution in [0.25, 0.3) is 0 Å². The van der Waals surface area contributed by atoms with Gasteiger partial charge in [-0.05, 0) is 33.5 Å². The SMILES string of the molecule is OC1(Cc2ccsc2)Cc2ccccc2C1. The van der Waals surface area contributed by atoms with Gasteiger partial charge in [-0.3, -0.25) is 0 Å². The largest absolute Gasteiger partial charge is 0.389 e. The predicted octanol–water partition coefficient (Wildman–Crippen LogP) is 2.82. The topological polar surface area (TPSA) is 20.2 Å². The zero-order chi connectivity index (χ0) is 11.0. The summed E-state index contributed by atoms with van der Waals surface area (Å²) in [5, 5.41) is 14.8. The highest BCUT2D eigenvalue weighted by Crippen LogP contribution is 2.32. The molecule has 0 aliphatic heterocycles. The molecule has 3 rings (SSSR count). The molecule has 1 aliphatic carbocycles. The molecule has 1 N–H and O–H groups in total. The molecule has 0 amide bonds. The maximum Gasteiger partial charge on any atom is 0.0768 e. The Morgan fingerprint density at radius 3 is 2.38 bits per heavy atom. The smallest absolute Gasteiger partial charge is 0.0768 e. The lowest BCUT2D eigenvalue weighted by Gasteiger charge is -2.21. The molecule has 0 atom stereocenters. The third-order valence-electron chi connectivity index (χ3n) is 3.27. The highest BCUT2D eigenvalue weighted by molar-refractivity contribution is 7.07. The maximum absolute atomic E-state index is 10.6. The molecule has 2 heteroatoms. The Hall–Kier alpha value is -1.12. The summed E-state index contributed by atoms with van der Waals surface area (Å²) in [5.41, 5.74) is 3.30. The molecule has 0 saturated carbocycles. The molecule has 0 radical (unpaired) electrons. The molecule has 82 valence electrons. The van der Waals surface area contributed by atoms with Crippen molar-refractivity contribution in [2.24, 2.45) is 0 Å². The molecule has 1 nitrogen and oxygen atoms in total. The monoisotopic (exact) mass is 230 g/mol. The van der Waals surface area contributed by atoms with Crippen molar-refractivity contribution in [3.05, 3.63) is 57.8 Å². The quantitative estimate of drug-likeness (QED) is 0.841. The molecule has 0 bridgehead atoms. The van der Waals surface area contributed by atoms with Crippen LogP contribution in [-0.2, 0) is 19.3 Å². The van der Waals surface area contributed by atoms with Gasteiger partial charge in [0.25, 0.3) is 0 Å². The van der Waals surface area contributed by atoms with Crippen molar-refractivity contribution in [2.45, 2.75) is 24.9 Å². The number of aliphatic hydroxyl groups is 1. The maximum atomic E-state index is 10.6. The third kappa shape index (κ3) is 1.79. The van der Waals surface area contributed by atoms with E-state index in [0.29, 0.717) is 0 Å². The lowest BCUT2D eigenvalue weighted by molar-refractivity contribution is 0.0519. The molecular weight excluding hydrogens is 216 g/mol. The molecule has 1 aliphatic rings. The number of benzene rings is 1. The summed E-state index contributed by atoms with van der Waals surface area (Å²) in [6.45, 7) is 0. The van der Waals surface area contributed by atoms with Crippen LogP contribution < -0.4 is 0 Å². The molecule has 0 unspecified atom stereocenters. The van der Waals surface area contributed by atoms with Crippen LogP contribution in [0.3, 0.4) is 0 Å². The standard InChI is InChI=1S/C14H14OS/c15-14(7-11-5-6-16-10-11)8-12-3-1-2-4-13(12)9-14/h1-6,10,15H,7-9H2. The molecule has 0 spiro atoms. The van der Waals surface area contributed by atoms with Gasteiger partial charge < -0.3 is 5.11 Å². The van der Waals surface area contributed by atoms with Crippen LogP contribution in [0.1, 0.15) is 16.7 Å². The summed E-state index contributed by atoms with van der Waals surface area (Å²) in [7, 11) is 0. The van der Waals surface area contributed by atoms with E-state index in [1.807, 2.05) is 0 Å². The molecular formula is C14H14OS. The van der Waals surface area contributed by atoms with E-state index in [2.05, 4.69) is 41.1 Å². The zero-order valence-corrected chi connectivity index (χ0v) is 9.83. The molecule has 2 aromatic rings. The number of rotatable bonds is 2. The second kappa shape index (κ2) is 3.72. The van der Waals surface area contributed by atoms with Gasteiger partial charge in [-0.2, -0.15) is 11.3 Å². The summed E-state index contributed by atoms with van der Waals surface area (Å²) in [5.74, 6) is 0. The van der Waals surface area contributed by atoms with Gasteiger partial charge in [-0.1, -0.05) is 24.3 Å². The van der Waals surface area contributed by atoms with Crippen LogP contribution in [-0.4, -0.2) is 10.7 Å². The summed E-state index contributed by atoms with van der Waals surface area (Å²) in [6, 6.07) is 10.5. The number of fused-ring (bicyclic) bond motifs is 1. The van der Waals surface area contributed by atoms with E-state index in [-0.39, 0.29) is 0 Å². The lowest BCUT2D eigenvalue weighted by atomic mass is 9.93. The highest BCUT2D eigenvalue weighted by Gasteiger charge is 2.34. The molecule has 16 heavy (non-hydrogen) atoms. The van der Waals surface area contributed by atoms with E-state index in [1.54, 1.807) is 11.3 Å². The van der Waals surface area contributed by atoms with Gasteiger partial charge >= 0.3 is 0 Å². The van der Waals surface area contributed by atoms with Crippen molar-refractivity contribution in [1.29, 1.82) is 0 Å². The van der Waals surface area contributed by atoms with Crippen molar-refractivity contribution >= 4 is 11.3 Å². The van der Waals surface area contributed by atoms with Crippen LogP contribution in [0.2, 0.25) is 0 Å². The van der Waals surface area contributed by atoms with E-state index >= 15 is 0 Å². The van der Waals surface area contributed by atoms with Gasteiger partial charge in [0.1, 0.15) is 0 Å². The first-order chi connectivity index (χ1) is 7.75. The zero-order valence-electron chi connectivity index (χ0n) is 9.02. The Labute approximate surface area is 99.4 Å². The van der Waals surface area contributed by atoms with Crippen LogP contribution in [0.4, 0.5) is 0 Å².